The summed E-state index contributed by atoms with van der Waals surface area (Å²) in [5.41, 5.74) is 4.04. The summed E-state index contributed by atoms with van der Waals surface area (Å²) in [5, 5.41) is 1.09. The standard InChI is InChI=1S/C20H21NO3/c1-10-4-5-11(2)18-17(10)12(3)19(24-18)20(22)21-8-13-14(9-21)16-7-6-15(13)23-16/h4-7,13-16H,8-9H2,1-3H3. The number of likely N-dealkylation sites (tertiary alicyclic amines) is 1. The molecule has 2 fully saturated rings. The maximum Gasteiger partial charge on any atom is 0.289 e. The number of nitrogens with zero attached hydrogens (tertiary/aromatic N) is 1. The Morgan fingerprint density at radius 3 is 2.29 bits per heavy atom. The van der Waals surface area contributed by atoms with Crippen molar-refractivity contribution in [3.63, 3.8) is 0 Å². The molecule has 4 unspecified atom stereocenters. The lowest BCUT2D eigenvalue weighted by Gasteiger charge is -2.18. The Balaban J connectivity index is 1.50. The lowest BCUT2D eigenvalue weighted by atomic mass is 9.86. The Bertz CT molecular complexity index is 874. The molecule has 124 valence electrons. The van der Waals surface area contributed by atoms with E-state index >= 15 is 0 Å². The number of carbonyl (C=O) groups excluding carboxylic acids is 1. The first kappa shape index (κ1) is 14.3. The monoisotopic (exact) mass is 323 g/mol. The molecule has 2 aromatic rings. The molecule has 4 heterocycles. The number of furan rings is 1. The van der Waals surface area contributed by atoms with Gasteiger partial charge in [-0.25, -0.2) is 0 Å². The van der Waals surface area contributed by atoms with Gasteiger partial charge in [0, 0.05) is 35.9 Å². The maximum absolute atomic E-state index is 13.1. The van der Waals surface area contributed by atoms with E-state index in [-0.39, 0.29) is 18.1 Å². The predicted molar refractivity (Wildman–Crippen MR) is 91.1 cm³/mol. The summed E-state index contributed by atoms with van der Waals surface area (Å²) in [4.78, 5) is 15.1. The van der Waals surface area contributed by atoms with Gasteiger partial charge in [0.25, 0.3) is 5.91 Å². The third kappa shape index (κ3) is 1.75. The van der Waals surface area contributed by atoms with Crippen LogP contribution in [0, 0.1) is 32.6 Å². The minimum atomic E-state index is 0.0244. The van der Waals surface area contributed by atoms with Crippen LogP contribution in [0.1, 0.15) is 27.2 Å². The maximum atomic E-state index is 13.1. The second-order valence-corrected chi connectivity index (χ2v) is 7.45. The number of benzene rings is 1. The number of hydrogen-bond donors (Lipinski definition) is 0. The highest BCUT2D eigenvalue weighted by atomic mass is 16.5. The van der Waals surface area contributed by atoms with E-state index in [1.165, 1.54) is 0 Å². The van der Waals surface area contributed by atoms with Crippen molar-refractivity contribution in [1.29, 1.82) is 0 Å². The van der Waals surface area contributed by atoms with E-state index in [4.69, 9.17) is 9.15 Å². The summed E-state index contributed by atoms with van der Waals surface area (Å²) in [7, 11) is 0. The van der Waals surface area contributed by atoms with Gasteiger partial charge in [-0.05, 0) is 31.9 Å². The summed E-state index contributed by atoms with van der Waals surface area (Å²) >= 11 is 0. The number of aryl methyl sites for hydroxylation is 3. The van der Waals surface area contributed by atoms with Gasteiger partial charge >= 0.3 is 0 Å². The van der Waals surface area contributed by atoms with Gasteiger partial charge in [-0.1, -0.05) is 24.3 Å². The third-order valence-electron chi connectivity index (χ3n) is 6.03. The van der Waals surface area contributed by atoms with E-state index < -0.39 is 0 Å². The lowest BCUT2D eigenvalue weighted by molar-refractivity contribution is 0.0633. The van der Waals surface area contributed by atoms with Crippen LogP contribution in [0.5, 0.6) is 0 Å². The molecular weight excluding hydrogens is 302 g/mol. The van der Waals surface area contributed by atoms with E-state index in [2.05, 4.69) is 31.2 Å². The van der Waals surface area contributed by atoms with Crippen molar-refractivity contribution in [2.24, 2.45) is 11.8 Å². The summed E-state index contributed by atoms with van der Waals surface area (Å²) in [6.45, 7) is 7.63. The van der Waals surface area contributed by atoms with Crippen molar-refractivity contribution in [1.82, 2.24) is 4.90 Å². The van der Waals surface area contributed by atoms with Gasteiger partial charge in [-0.2, -0.15) is 0 Å². The fourth-order valence-corrected chi connectivity index (χ4v) is 4.72. The molecule has 5 rings (SSSR count). The highest BCUT2D eigenvalue weighted by molar-refractivity contribution is 6.00. The fraction of sp³-hybridized carbons (Fsp3) is 0.450. The van der Waals surface area contributed by atoms with Gasteiger partial charge in [0.2, 0.25) is 0 Å². The topological polar surface area (TPSA) is 42.7 Å². The van der Waals surface area contributed by atoms with Crippen LogP contribution in [0.2, 0.25) is 0 Å². The smallest absolute Gasteiger partial charge is 0.289 e. The average Bonchev–Trinajstić information content (AvgIpc) is 3.30. The minimum Gasteiger partial charge on any atom is -0.450 e. The van der Waals surface area contributed by atoms with Gasteiger partial charge in [0.15, 0.2) is 5.76 Å². The van der Waals surface area contributed by atoms with Crippen LogP contribution in [0.15, 0.2) is 28.7 Å². The van der Waals surface area contributed by atoms with Gasteiger partial charge in [-0.15, -0.1) is 0 Å². The van der Waals surface area contributed by atoms with Crippen molar-refractivity contribution >= 4 is 16.9 Å². The predicted octanol–water partition coefficient (Wildman–Crippen LogP) is 3.38. The molecule has 0 N–H and O–H groups in total. The van der Waals surface area contributed by atoms with E-state index in [1.54, 1.807) is 0 Å². The van der Waals surface area contributed by atoms with Crippen LogP contribution in [0.3, 0.4) is 0 Å². The van der Waals surface area contributed by atoms with E-state index in [0.29, 0.717) is 17.6 Å². The van der Waals surface area contributed by atoms with Crippen LogP contribution >= 0.6 is 0 Å². The van der Waals surface area contributed by atoms with E-state index in [1.807, 2.05) is 18.7 Å². The van der Waals surface area contributed by atoms with Crippen LogP contribution in [0.25, 0.3) is 11.0 Å². The normalized spacial score (nSPS) is 30.5. The summed E-state index contributed by atoms with van der Waals surface area (Å²) in [6, 6.07) is 4.14. The lowest BCUT2D eigenvalue weighted by Crippen LogP contribution is -2.31. The molecule has 4 nitrogen and oxygen atoms in total. The van der Waals surface area contributed by atoms with Crippen molar-refractivity contribution in [2.75, 3.05) is 13.1 Å². The van der Waals surface area contributed by atoms with Crippen LogP contribution in [-0.4, -0.2) is 36.1 Å². The van der Waals surface area contributed by atoms with Crippen LogP contribution < -0.4 is 0 Å². The number of rotatable bonds is 1. The molecule has 0 spiro atoms. The molecule has 3 aliphatic rings. The quantitative estimate of drug-likeness (QED) is 0.756. The molecule has 2 bridgehead atoms. The molecule has 4 atom stereocenters. The zero-order valence-corrected chi connectivity index (χ0v) is 14.2. The van der Waals surface area contributed by atoms with Gasteiger partial charge in [0.1, 0.15) is 5.58 Å². The molecule has 1 aromatic heterocycles. The Morgan fingerprint density at radius 2 is 1.67 bits per heavy atom. The van der Waals surface area contributed by atoms with Crippen LogP contribution in [0.4, 0.5) is 0 Å². The average molecular weight is 323 g/mol. The van der Waals surface area contributed by atoms with Crippen molar-refractivity contribution in [3.05, 3.63) is 46.7 Å². The largest absolute Gasteiger partial charge is 0.450 e. The number of fused-ring (bicyclic) bond motifs is 6. The molecule has 2 saturated heterocycles. The highest BCUT2D eigenvalue weighted by Crippen LogP contribution is 2.44. The number of carbonyl (C=O) groups is 1. The molecule has 0 radical (unpaired) electrons. The molecular formula is C20H21NO3. The fourth-order valence-electron chi connectivity index (χ4n) is 4.72. The Morgan fingerprint density at radius 1 is 1.04 bits per heavy atom. The molecule has 4 heteroatoms. The van der Waals surface area contributed by atoms with Crippen molar-refractivity contribution in [2.45, 2.75) is 33.0 Å². The molecule has 0 saturated carbocycles. The summed E-state index contributed by atoms with van der Waals surface area (Å²) in [6.07, 6.45) is 4.69. The number of ether oxygens (including phenoxy) is 1. The Kier molecular flexibility index (Phi) is 2.82. The first-order valence-corrected chi connectivity index (χ1v) is 8.67. The van der Waals surface area contributed by atoms with Gasteiger partial charge in [-0.3, -0.25) is 4.79 Å². The number of hydrogen-bond acceptors (Lipinski definition) is 3. The Labute approximate surface area is 141 Å². The second kappa shape index (κ2) is 4.73. The zero-order valence-electron chi connectivity index (χ0n) is 14.2. The summed E-state index contributed by atoms with van der Waals surface area (Å²) < 4.78 is 11.9. The van der Waals surface area contributed by atoms with Crippen molar-refractivity contribution in [3.8, 4) is 0 Å². The second-order valence-electron chi connectivity index (χ2n) is 7.45. The molecule has 24 heavy (non-hydrogen) atoms. The first-order chi connectivity index (χ1) is 11.5. The molecule has 1 aromatic carbocycles. The molecule has 0 aliphatic carbocycles. The van der Waals surface area contributed by atoms with Crippen LogP contribution in [-0.2, 0) is 4.74 Å². The zero-order chi connectivity index (χ0) is 16.6. The third-order valence-corrected chi connectivity index (χ3v) is 6.03. The molecule has 3 aliphatic heterocycles. The first-order valence-electron chi connectivity index (χ1n) is 8.67. The van der Waals surface area contributed by atoms with Crippen molar-refractivity contribution < 1.29 is 13.9 Å². The highest BCUT2D eigenvalue weighted by Gasteiger charge is 2.51. The SMILES string of the molecule is Cc1ccc(C)c2c(C)c(C(=O)N3CC4C5C=CC(O5)C4C3)oc12. The molecule has 1 amide bonds. The van der Waals surface area contributed by atoms with Gasteiger partial charge < -0.3 is 14.1 Å². The Hall–Kier alpha value is -2.07. The van der Waals surface area contributed by atoms with E-state index in [9.17, 15) is 4.79 Å². The summed E-state index contributed by atoms with van der Waals surface area (Å²) in [5.74, 6) is 1.41. The minimum absolute atomic E-state index is 0.0244. The van der Waals surface area contributed by atoms with Gasteiger partial charge in [0.05, 0.1) is 12.2 Å². The van der Waals surface area contributed by atoms with E-state index in [0.717, 1.165) is 40.7 Å². The number of amides is 1.